The van der Waals surface area contributed by atoms with Crippen LogP contribution in [-0.2, 0) is 0 Å². The number of nitrogens with zero attached hydrogens (tertiary/aromatic N) is 5. The summed E-state index contributed by atoms with van der Waals surface area (Å²) in [5, 5.41) is 12.5. The minimum absolute atomic E-state index is 0.0528. The van der Waals surface area contributed by atoms with Gasteiger partial charge in [-0.05, 0) is 12.1 Å². The molecule has 3 aromatic rings. The van der Waals surface area contributed by atoms with Crippen molar-refractivity contribution in [3.8, 4) is 0 Å². The van der Waals surface area contributed by atoms with E-state index in [4.69, 9.17) is 10.9 Å². The van der Waals surface area contributed by atoms with E-state index in [0.29, 0.717) is 16.4 Å². The van der Waals surface area contributed by atoms with E-state index in [9.17, 15) is 0 Å². The first-order valence-corrected chi connectivity index (χ1v) is 6.36. The maximum Gasteiger partial charge on any atom is 0.189 e. The Morgan fingerprint density at radius 1 is 1.30 bits per heavy atom. The van der Waals surface area contributed by atoms with Crippen LogP contribution in [0.15, 0.2) is 46.1 Å². The number of amidine groups is 1. The molecule has 3 rings (SSSR count). The van der Waals surface area contributed by atoms with Crippen molar-refractivity contribution in [3.63, 3.8) is 0 Å². The minimum atomic E-state index is -0.0528. The van der Waals surface area contributed by atoms with Gasteiger partial charge in [0.05, 0.1) is 6.33 Å². The van der Waals surface area contributed by atoms with Gasteiger partial charge in [-0.2, -0.15) is 0 Å². The number of hydrogen-bond acceptors (Lipinski definition) is 7. The molecule has 3 aromatic heterocycles. The van der Waals surface area contributed by atoms with Crippen LogP contribution in [-0.4, -0.2) is 36.0 Å². The van der Waals surface area contributed by atoms with E-state index in [1.807, 2.05) is 6.07 Å². The van der Waals surface area contributed by atoms with Gasteiger partial charge in [0.15, 0.2) is 11.5 Å². The number of fused-ring (bicyclic) bond motifs is 1. The van der Waals surface area contributed by atoms with Crippen LogP contribution < -0.4 is 5.73 Å². The van der Waals surface area contributed by atoms with E-state index in [1.165, 1.54) is 18.1 Å². The number of nitrogens with two attached hydrogens (primary N) is 1. The molecule has 0 aromatic carbocycles. The molecule has 3 heterocycles. The van der Waals surface area contributed by atoms with Crippen LogP contribution in [0.4, 0.5) is 0 Å². The molecule has 0 aliphatic carbocycles. The van der Waals surface area contributed by atoms with Gasteiger partial charge < -0.3 is 15.9 Å². The number of hydrogen-bond donors (Lipinski definition) is 3. The number of nitrogens with one attached hydrogen (secondary N) is 1. The lowest BCUT2D eigenvalue weighted by atomic mass is 10.3. The van der Waals surface area contributed by atoms with Crippen molar-refractivity contribution in [3.05, 3.63) is 36.7 Å². The maximum atomic E-state index is 8.79. The highest BCUT2D eigenvalue weighted by molar-refractivity contribution is 7.99. The van der Waals surface area contributed by atoms with E-state index in [-0.39, 0.29) is 5.84 Å². The normalized spacial score (nSPS) is 11.9. The molecule has 9 heteroatoms. The molecule has 0 atom stereocenters. The van der Waals surface area contributed by atoms with Gasteiger partial charge in [0.2, 0.25) is 0 Å². The summed E-state index contributed by atoms with van der Waals surface area (Å²) in [6, 6.07) is 3.58. The molecule has 8 nitrogen and oxygen atoms in total. The van der Waals surface area contributed by atoms with Gasteiger partial charge in [-0.15, -0.1) is 0 Å². The fourth-order valence-corrected chi connectivity index (χ4v) is 2.60. The summed E-state index contributed by atoms with van der Waals surface area (Å²) in [4.78, 5) is 20.1. The molecule has 0 aliphatic heterocycles. The molecule has 4 N–H and O–H groups in total. The molecule has 0 spiro atoms. The number of aromatic nitrogens is 5. The highest BCUT2D eigenvalue weighted by atomic mass is 32.2. The molecule has 20 heavy (non-hydrogen) atoms. The number of oxime groups is 1. The summed E-state index contributed by atoms with van der Waals surface area (Å²) in [6.45, 7) is 0. The first-order valence-electron chi connectivity index (χ1n) is 5.54. The quantitative estimate of drug-likeness (QED) is 0.215. The Balaban J connectivity index is 2.06. The Kier molecular flexibility index (Phi) is 3.17. The predicted octanol–water partition coefficient (Wildman–Crippen LogP) is 0.994. The van der Waals surface area contributed by atoms with Crippen molar-refractivity contribution in [2.24, 2.45) is 10.9 Å². The van der Waals surface area contributed by atoms with Gasteiger partial charge in [0.1, 0.15) is 22.6 Å². The van der Waals surface area contributed by atoms with Crippen molar-refractivity contribution < 1.29 is 5.21 Å². The van der Waals surface area contributed by atoms with E-state index >= 15 is 0 Å². The van der Waals surface area contributed by atoms with Crippen LogP contribution in [0.1, 0.15) is 5.69 Å². The second-order valence-corrected chi connectivity index (χ2v) is 4.75. The third kappa shape index (κ3) is 2.14. The summed E-state index contributed by atoms with van der Waals surface area (Å²) in [5.74, 6) is -0.0528. The average Bonchev–Trinajstić information content (AvgIpc) is 2.96. The SMILES string of the molecule is N/C(=N/O)c1ncccc1Sc1ncnc2nc[nH]c12. The molecule has 0 aliphatic rings. The molecule has 0 amide bonds. The van der Waals surface area contributed by atoms with E-state index < -0.39 is 0 Å². The van der Waals surface area contributed by atoms with Crippen molar-refractivity contribution in [1.82, 2.24) is 24.9 Å². The Morgan fingerprint density at radius 2 is 2.20 bits per heavy atom. The zero-order valence-electron chi connectivity index (χ0n) is 10.1. The molecular weight excluding hydrogens is 278 g/mol. The number of pyridine rings is 1. The zero-order valence-corrected chi connectivity index (χ0v) is 10.9. The Hall–Kier alpha value is -2.68. The third-order valence-electron chi connectivity index (χ3n) is 2.52. The molecular formula is C11H9N7OS. The van der Waals surface area contributed by atoms with Gasteiger partial charge in [-0.3, -0.25) is 4.98 Å². The number of rotatable bonds is 3. The number of imidazole rings is 1. The van der Waals surface area contributed by atoms with Crippen molar-refractivity contribution in [2.45, 2.75) is 9.92 Å². The Bertz CT molecular complexity index is 785. The average molecular weight is 287 g/mol. The van der Waals surface area contributed by atoms with Gasteiger partial charge in [0.25, 0.3) is 0 Å². The summed E-state index contributed by atoms with van der Waals surface area (Å²) in [7, 11) is 0. The standard InChI is InChI=1S/C11H9N7OS/c12-9(18-19)7-6(2-1-3-13-7)20-11-8-10(15-4-14-8)16-5-17-11/h1-5,19H,(H2,12,18)(H,14,15,16,17). The molecule has 0 fully saturated rings. The lowest BCUT2D eigenvalue weighted by Gasteiger charge is -2.06. The van der Waals surface area contributed by atoms with E-state index in [2.05, 4.69) is 30.1 Å². The second-order valence-electron chi connectivity index (χ2n) is 3.72. The molecule has 0 bridgehead atoms. The number of aromatic amines is 1. The van der Waals surface area contributed by atoms with Crippen LogP contribution >= 0.6 is 11.8 Å². The number of H-pyrrole nitrogens is 1. The summed E-state index contributed by atoms with van der Waals surface area (Å²) in [5.41, 5.74) is 7.32. The van der Waals surface area contributed by atoms with Gasteiger partial charge in [-0.1, -0.05) is 16.9 Å². The lowest BCUT2D eigenvalue weighted by Crippen LogP contribution is -2.16. The fraction of sp³-hybridized carbons (Fsp3) is 0. The largest absolute Gasteiger partial charge is 0.409 e. The highest BCUT2D eigenvalue weighted by Crippen LogP contribution is 2.31. The van der Waals surface area contributed by atoms with E-state index in [0.717, 1.165) is 10.4 Å². The minimum Gasteiger partial charge on any atom is -0.409 e. The first-order chi connectivity index (χ1) is 9.79. The highest BCUT2D eigenvalue weighted by Gasteiger charge is 2.13. The third-order valence-corrected chi connectivity index (χ3v) is 3.57. The maximum absolute atomic E-state index is 8.79. The molecule has 0 unspecified atom stereocenters. The van der Waals surface area contributed by atoms with Crippen molar-refractivity contribution in [1.29, 1.82) is 0 Å². The van der Waals surface area contributed by atoms with Gasteiger partial charge in [0, 0.05) is 11.1 Å². The zero-order chi connectivity index (χ0) is 13.9. The van der Waals surface area contributed by atoms with E-state index in [1.54, 1.807) is 18.6 Å². The van der Waals surface area contributed by atoms with Crippen molar-refractivity contribution >= 4 is 28.8 Å². The van der Waals surface area contributed by atoms with Crippen LogP contribution in [0.2, 0.25) is 0 Å². The summed E-state index contributed by atoms with van der Waals surface area (Å²) in [6.07, 6.45) is 4.56. The molecule has 0 saturated carbocycles. The molecule has 100 valence electrons. The van der Waals surface area contributed by atoms with Gasteiger partial charge in [-0.25, -0.2) is 15.0 Å². The molecule has 0 saturated heterocycles. The topological polar surface area (TPSA) is 126 Å². The lowest BCUT2D eigenvalue weighted by molar-refractivity contribution is 0.318. The van der Waals surface area contributed by atoms with Crippen LogP contribution in [0, 0.1) is 0 Å². The molecule has 0 radical (unpaired) electrons. The summed E-state index contributed by atoms with van der Waals surface area (Å²) >= 11 is 1.34. The Labute approximate surface area is 117 Å². The Morgan fingerprint density at radius 3 is 3.05 bits per heavy atom. The van der Waals surface area contributed by atoms with Gasteiger partial charge >= 0.3 is 0 Å². The second kappa shape index (κ2) is 5.13. The predicted molar refractivity (Wildman–Crippen MR) is 72.6 cm³/mol. The fourth-order valence-electron chi connectivity index (χ4n) is 1.64. The van der Waals surface area contributed by atoms with Crippen LogP contribution in [0.25, 0.3) is 11.2 Å². The smallest absolute Gasteiger partial charge is 0.189 e. The first kappa shape index (κ1) is 12.4. The van der Waals surface area contributed by atoms with Crippen LogP contribution in [0.5, 0.6) is 0 Å². The summed E-state index contributed by atoms with van der Waals surface area (Å²) < 4.78 is 0. The van der Waals surface area contributed by atoms with Crippen molar-refractivity contribution in [2.75, 3.05) is 0 Å². The van der Waals surface area contributed by atoms with Crippen LogP contribution in [0.3, 0.4) is 0 Å². The monoisotopic (exact) mass is 287 g/mol.